The largest absolute Gasteiger partial charge is 0.383 e. The molecule has 0 saturated heterocycles. The Balaban J connectivity index is 2.21. The molecule has 0 fully saturated rings. The van der Waals surface area contributed by atoms with Gasteiger partial charge < -0.3 is 5.11 Å². The van der Waals surface area contributed by atoms with E-state index in [1.54, 1.807) is 17.8 Å². The Morgan fingerprint density at radius 2 is 2.00 bits per heavy atom. The number of rotatable bonds is 5. The SMILES string of the molecule is CCCn1nncc1C(C)(O)Cc1ccc(Cl)cc1. The summed E-state index contributed by atoms with van der Waals surface area (Å²) in [6.45, 7) is 4.61. The number of aliphatic hydroxyl groups is 1. The van der Waals surface area contributed by atoms with Crippen LogP contribution in [-0.4, -0.2) is 20.1 Å². The monoisotopic (exact) mass is 279 g/mol. The van der Waals surface area contributed by atoms with Gasteiger partial charge in [0.2, 0.25) is 0 Å². The highest BCUT2D eigenvalue weighted by Crippen LogP contribution is 2.25. The summed E-state index contributed by atoms with van der Waals surface area (Å²) in [5.41, 5.74) is 0.773. The highest BCUT2D eigenvalue weighted by atomic mass is 35.5. The van der Waals surface area contributed by atoms with Gasteiger partial charge in [-0.15, -0.1) is 5.10 Å². The second-order valence-corrected chi connectivity index (χ2v) is 5.36. The molecule has 0 amide bonds. The van der Waals surface area contributed by atoms with Crippen LogP contribution in [0.5, 0.6) is 0 Å². The van der Waals surface area contributed by atoms with Crippen molar-refractivity contribution >= 4 is 11.6 Å². The minimum atomic E-state index is -0.994. The third-order valence-corrected chi connectivity index (χ3v) is 3.32. The zero-order chi connectivity index (χ0) is 13.9. The molecule has 0 aliphatic heterocycles. The third kappa shape index (κ3) is 3.33. The van der Waals surface area contributed by atoms with E-state index in [0.29, 0.717) is 11.4 Å². The van der Waals surface area contributed by atoms with E-state index in [2.05, 4.69) is 17.2 Å². The Bertz CT molecular complexity index is 534. The first-order valence-electron chi connectivity index (χ1n) is 6.38. The molecule has 1 atom stereocenters. The van der Waals surface area contributed by atoms with Crippen molar-refractivity contribution in [1.29, 1.82) is 0 Å². The summed E-state index contributed by atoms with van der Waals surface area (Å²) >= 11 is 5.86. The lowest BCUT2D eigenvalue weighted by molar-refractivity contribution is 0.0477. The van der Waals surface area contributed by atoms with Gasteiger partial charge in [0, 0.05) is 18.0 Å². The molecule has 1 aromatic carbocycles. The average Bonchev–Trinajstić information content (AvgIpc) is 2.81. The molecule has 1 heterocycles. The van der Waals surface area contributed by atoms with Gasteiger partial charge >= 0.3 is 0 Å². The number of hydrogen-bond donors (Lipinski definition) is 1. The molecule has 0 spiro atoms. The molecule has 0 saturated carbocycles. The first-order chi connectivity index (χ1) is 9.03. The second-order valence-electron chi connectivity index (χ2n) is 4.92. The Morgan fingerprint density at radius 3 is 2.63 bits per heavy atom. The molecular formula is C14H18ClN3O. The van der Waals surface area contributed by atoms with Gasteiger partial charge in [-0.3, -0.25) is 0 Å². The van der Waals surface area contributed by atoms with E-state index >= 15 is 0 Å². The minimum absolute atomic E-state index is 0.501. The van der Waals surface area contributed by atoms with Crippen molar-refractivity contribution in [2.75, 3.05) is 0 Å². The lowest BCUT2D eigenvalue weighted by atomic mass is 9.93. The van der Waals surface area contributed by atoms with E-state index in [-0.39, 0.29) is 0 Å². The fourth-order valence-corrected chi connectivity index (χ4v) is 2.27. The first kappa shape index (κ1) is 14.0. The van der Waals surface area contributed by atoms with Gasteiger partial charge in [0.05, 0.1) is 11.9 Å². The molecule has 1 aromatic heterocycles. The van der Waals surface area contributed by atoms with Crippen LogP contribution in [0.15, 0.2) is 30.5 Å². The number of hydrogen-bond acceptors (Lipinski definition) is 3. The number of aromatic nitrogens is 3. The Kier molecular flexibility index (Phi) is 4.22. The summed E-state index contributed by atoms with van der Waals surface area (Å²) in [5, 5.41) is 19.3. The fourth-order valence-electron chi connectivity index (χ4n) is 2.14. The standard InChI is InChI=1S/C14H18ClN3O/c1-3-8-18-13(10-16-17-18)14(2,19)9-11-4-6-12(15)7-5-11/h4-7,10,19H,3,8-9H2,1-2H3. The summed E-state index contributed by atoms with van der Waals surface area (Å²) < 4.78 is 1.76. The van der Waals surface area contributed by atoms with Crippen molar-refractivity contribution in [3.63, 3.8) is 0 Å². The zero-order valence-electron chi connectivity index (χ0n) is 11.2. The van der Waals surface area contributed by atoms with Crippen molar-refractivity contribution in [1.82, 2.24) is 15.0 Å². The predicted octanol–water partition coefficient (Wildman–Crippen LogP) is 2.79. The summed E-state index contributed by atoms with van der Waals surface area (Å²) in [6.07, 6.45) is 3.08. The maximum atomic E-state index is 10.7. The summed E-state index contributed by atoms with van der Waals surface area (Å²) in [6, 6.07) is 7.50. The van der Waals surface area contributed by atoms with E-state index < -0.39 is 5.60 Å². The second kappa shape index (κ2) is 5.72. The van der Waals surface area contributed by atoms with Gasteiger partial charge in [-0.1, -0.05) is 35.9 Å². The van der Waals surface area contributed by atoms with Crippen LogP contribution >= 0.6 is 11.6 Å². The molecule has 5 heteroatoms. The minimum Gasteiger partial charge on any atom is -0.383 e. The smallest absolute Gasteiger partial charge is 0.109 e. The highest BCUT2D eigenvalue weighted by Gasteiger charge is 2.28. The molecule has 2 aromatic rings. The zero-order valence-corrected chi connectivity index (χ0v) is 11.9. The average molecular weight is 280 g/mol. The van der Waals surface area contributed by atoms with Gasteiger partial charge in [0.1, 0.15) is 5.60 Å². The van der Waals surface area contributed by atoms with Gasteiger partial charge in [0.15, 0.2) is 0 Å². The van der Waals surface area contributed by atoms with Crippen molar-refractivity contribution < 1.29 is 5.11 Å². The van der Waals surface area contributed by atoms with Crippen LogP contribution in [0.2, 0.25) is 5.02 Å². The number of nitrogens with zero attached hydrogens (tertiary/aromatic N) is 3. The molecule has 1 unspecified atom stereocenters. The van der Waals surface area contributed by atoms with Crippen LogP contribution in [0.1, 0.15) is 31.5 Å². The van der Waals surface area contributed by atoms with E-state index in [4.69, 9.17) is 11.6 Å². The summed E-state index contributed by atoms with van der Waals surface area (Å²) in [7, 11) is 0. The van der Waals surface area contributed by atoms with Gasteiger partial charge in [0.25, 0.3) is 0 Å². The normalized spacial score (nSPS) is 14.3. The maximum Gasteiger partial charge on any atom is 0.109 e. The molecule has 4 nitrogen and oxygen atoms in total. The van der Waals surface area contributed by atoms with Crippen LogP contribution in [-0.2, 0) is 18.6 Å². The van der Waals surface area contributed by atoms with Crippen molar-refractivity contribution in [2.45, 2.75) is 38.8 Å². The predicted molar refractivity (Wildman–Crippen MR) is 75.0 cm³/mol. The van der Waals surface area contributed by atoms with E-state index in [1.165, 1.54) is 0 Å². The van der Waals surface area contributed by atoms with Crippen LogP contribution in [0.3, 0.4) is 0 Å². The molecular weight excluding hydrogens is 262 g/mol. The Morgan fingerprint density at radius 1 is 1.32 bits per heavy atom. The molecule has 0 radical (unpaired) electrons. The molecule has 0 aliphatic rings. The number of benzene rings is 1. The first-order valence-corrected chi connectivity index (χ1v) is 6.76. The van der Waals surface area contributed by atoms with Crippen molar-refractivity contribution in [2.24, 2.45) is 0 Å². The van der Waals surface area contributed by atoms with E-state index in [1.807, 2.05) is 24.3 Å². The summed E-state index contributed by atoms with van der Waals surface area (Å²) in [5.74, 6) is 0. The van der Waals surface area contributed by atoms with Crippen LogP contribution < -0.4 is 0 Å². The molecule has 19 heavy (non-hydrogen) atoms. The van der Waals surface area contributed by atoms with Gasteiger partial charge in [-0.2, -0.15) is 0 Å². The van der Waals surface area contributed by atoms with Crippen molar-refractivity contribution in [3.8, 4) is 0 Å². The molecule has 0 aliphatic carbocycles. The topological polar surface area (TPSA) is 50.9 Å². The lowest BCUT2D eigenvalue weighted by Crippen LogP contribution is -2.28. The van der Waals surface area contributed by atoms with Crippen molar-refractivity contribution in [3.05, 3.63) is 46.7 Å². The summed E-state index contributed by atoms with van der Waals surface area (Å²) in [4.78, 5) is 0. The van der Waals surface area contributed by atoms with Crippen LogP contribution in [0.25, 0.3) is 0 Å². The lowest BCUT2D eigenvalue weighted by Gasteiger charge is -2.23. The Labute approximate surface area is 118 Å². The van der Waals surface area contributed by atoms with Gasteiger partial charge in [-0.25, -0.2) is 4.68 Å². The van der Waals surface area contributed by atoms with Gasteiger partial charge in [-0.05, 0) is 31.0 Å². The molecule has 102 valence electrons. The number of aryl methyl sites for hydroxylation is 1. The number of halogens is 1. The third-order valence-electron chi connectivity index (χ3n) is 3.07. The van der Waals surface area contributed by atoms with Crippen LogP contribution in [0, 0.1) is 0 Å². The molecule has 0 bridgehead atoms. The highest BCUT2D eigenvalue weighted by molar-refractivity contribution is 6.30. The van der Waals surface area contributed by atoms with E-state index in [0.717, 1.165) is 24.2 Å². The molecule has 1 N–H and O–H groups in total. The van der Waals surface area contributed by atoms with Crippen LogP contribution in [0.4, 0.5) is 0 Å². The quantitative estimate of drug-likeness (QED) is 0.916. The Hall–Kier alpha value is -1.39. The van der Waals surface area contributed by atoms with E-state index in [9.17, 15) is 5.11 Å². The maximum absolute atomic E-state index is 10.7. The molecule has 2 rings (SSSR count). The fraction of sp³-hybridized carbons (Fsp3) is 0.429.